The van der Waals surface area contributed by atoms with E-state index in [2.05, 4.69) is 170 Å². The van der Waals surface area contributed by atoms with E-state index < -0.39 is 0 Å². The highest BCUT2D eigenvalue weighted by atomic mass is 16.3. The highest BCUT2D eigenvalue weighted by Gasteiger charge is 2.21. The van der Waals surface area contributed by atoms with Crippen molar-refractivity contribution in [3.8, 4) is 78.8 Å². The van der Waals surface area contributed by atoms with Crippen molar-refractivity contribution in [2.24, 2.45) is 0 Å². The van der Waals surface area contributed by atoms with Crippen LogP contribution in [0.4, 0.5) is 0 Å². The van der Waals surface area contributed by atoms with Gasteiger partial charge < -0.3 is 4.42 Å². The van der Waals surface area contributed by atoms with Crippen LogP contribution in [0.2, 0.25) is 0 Å². The van der Waals surface area contributed by atoms with E-state index in [0.29, 0.717) is 17.5 Å². The Labute approximate surface area is 341 Å². The molecule has 3 heterocycles. The molecular formula is C54H34N4O. The highest BCUT2D eigenvalue weighted by Crippen LogP contribution is 2.42. The van der Waals surface area contributed by atoms with Crippen LogP contribution in [0.3, 0.4) is 0 Å². The second kappa shape index (κ2) is 14.5. The third-order valence-corrected chi connectivity index (χ3v) is 11.0. The van der Waals surface area contributed by atoms with Crippen molar-refractivity contribution >= 4 is 32.8 Å². The number of rotatable bonds is 7. The molecule has 0 saturated heterocycles. The Morgan fingerprint density at radius 3 is 1.36 bits per heavy atom. The third kappa shape index (κ3) is 6.32. The molecule has 0 bridgehead atoms. The van der Waals surface area contributed by atoms with Crippen molar-refractivity contribution in [2.75, 3.05) is 0 Å². The number of hydrogen-bond acceptors (Lipinski definition) is 5. The van der Waals surface area contributed by atoms with Crippen molar-refractivity contribution < 1.29 is 4.42 Å². The van der Waals surface area contributed by atoms with Crippen LogP contribution in [-0.4, -0.2) is 19.9 Å². The molecule has 0 amide bonds. The lowest BCUT2D eigenvalue weighted by Gasteiger charge is -2.12. The van der Waals surface area contributed by atoms with E-state index in [4.69, 9.17) is 24.4 Å². The number of nitrogens with zero attached hydrogens (tertiary/aromatic N) is 4. The lowest BCUT2D eigenvalue weighted by Crippen LogP contribution is -2.00. The van der Waals surface area contributed by atoms with Crippen LogP contribution in [0.15, 0.2) is 211 Å². The second-order valence-electron chi connectivity index (χ2n) is 14.6. The average Bonchev–Trinajstić information content (AvgIpc) is 3.72. The first kappa shape index (κ1) is 34.2. The smallest absolute Gasteiger partial charge is 0.164 e. The molecule has 0 spiro atoms. The maximum absolute atomic E-state index is 6.67. The van der Waals surface area contributed by atoms with Gasteiger partial charge in [-0.1, -0.05) is 194 Å². The first-order valence-electron chi connectivity index (χ1n) is 19.7. The molecule has 276 valence electrons. The maximum atomic E-state index is 6.67. The second-order valence-corrected chi connectivity index (χ2v) is 14.6. The Morgan fingerprint density at radius 1 is 0.305 bits per heavy atom. The number of para-hydroxylation sites is 2. The van der Waals surface area contributed by atoms with Crippen molar-refractivity contribution in [1.29, 1.82) is 0 Å². The Hall–Kier alpha value is -8.02. The fraction of sp³-hybridized carbons (Fsp3) is 0. The Kier molecular flexibility index (Phi) is 8.41. The summed E-state index contributed by atoms with van der Waals surface area (Å²) in [5.74, 6) is 1.76. The van der Waals surface area contributed by atoms with Crippen LogP contribution in [0.25, 0.3) is 112 Å². The van der Waals surface area contributed by atoms with E-state index in [9.17, 15) is 0 Å². The molecule has 8 aromatic carbocycles. The van der Waals surface area contributed by atoms with Gasteiger partial charge in [-0.05, 0) is 39.9 Å². The first-order chi connectivity index (χ1) is 29.2. The van der Waals surface area contributed by atoms with Crippen LogP contribution in [0, 0.1) is 0 Å². The van der Waals surface area contributed by atoms with Crippen LogP contribution in [-0.2, 0) is 0 Å². The summed E-state index contributed by atoms with van der Waals surface area (Å²) in [7, 11) is 0. The van der Waals surface area contributed by atoms with E-state index in [1.807, 2.05) is 36.4 Å². The van der Waals surface area contributed by atoms with Crippen molar-refractivity contribution in [3.63, 3.8) is 0 Å². The van der Waals surface area contributed by atoms with Gasteiger partial charge in [-0.25, -0.2) is 19.9 Å². The molecule has 5 nitrogen and oxygen atoms in total. The number of fused-ring (bicyclic) bond motifs is 5. The summed E-state index contributed by atoms with van der Waals surface area (Å²) >= 11 is 0. The molecule has 11 aromatic rings. The molecule has 0 saturated carbocycles. The number of furan rings is 1. The Balaban J connectivity index is 1.08. The van der Waals surface area contributed by atoms with Gasteiger partial charge in [0.15, 0.2) is 23.1 Å². The molecule has 0 aliphatic carbocycles. The summed E-state index contributed by atoms with van der Waals surface area (Å²) in [6.07, 6.45) is 0. The normalized spacial score (nSPS) is 11.4. The Morgan fingerprint density at radius 2 is 0.746 bits per heavy atom. The molecule has 0 N–H and O–H groups in total. The number of aromatic nitrogens is 4. The van der Waals surface area contributed by atoms with Gasteiger partial charge in [-0.3, -0.25) is 0 Å². The minimum absolute atomic E-state index is 0.567. The van der Waals surface area contributed by atoms with Crippen LogP contribution in [0.5, 0.6) is 0 Å². The summed E-state index contributed by atoms with van der Waals surface area (Å²) in [6, 6.07) is 70.9. The van der Waals surface area contributed by atoms with E-state index in [0.717, 1.165) is 94.2 Å². The maximum Gasteiger partial charge on any atom is 0.164 e. The summed E-state index contributed by atoms with van der Waals surface area (Å²) in [4.78, 5) is 20.8. The SMILES string of the molecule is c1ccc(-c2ccc(-c3nc(-c4ccc(-c5ccccc5)cc4)nc(-c4cccc(-c5nc6c(-c7ccccc7)cccc6c6c5oc5ccccc56)c4)n3)cc2)cc1. The van der Waals surface area contributed by atoms with Gasteiger partial charge in [0.25, 0.3) is 0 Å². The topological polar surface area (TPSA) is 64.7 Å². The molecule has 0 aliphatic heterocycles. The molecule has 59 heavy (non-hydrogen) atoms. The minimum Gasteiger partial charge on any atom is -0.454 e. The molecule has 0 radical (unpaired) electrons. The van der Waals surface area contributed by atoms with Gasteiger partial charge in [-0.15, -0.1) is 0 Å². The predicted molar refractivity (Wildman–Crippen MR) is 240 cm³/mol. The molecule has 0 unspecified atom stereocenters. The third-order valence-electron chi connectivity index (χ3n) is 11.0. The molecule has 5 heteroatoms. The molecule has 0 atom stereocenters. The minimum atomic E-state index is 0.567. The van der Waals surface area contributed by atoms with Gasteiger partial charge in [0.05, 0.1) is 5.52 Å². The van der Waals surface area contributed by atoms with Gasteiger partial charge >= 0.3 is 0 Å². The van der Waals surface area contributed by atoms with Gasteiger partial charge in [0.2, 0.25) is 0 Å². The fourth-order valence-corrected chi connectivity index (χ4v) is 8.01. The summed E-state index contributed by atoms with van der Waals surface area (Å²) in [5, 5.41) is 3.15. The van der Waals surface area contributed by atoms with Gasteiger partial charge in [0.1, 0.15) is 11.3 Å². The van der Waals surface area contributed by atoms with Crippen molar-refractivity contribution in [1.82, 2.24) is 19.9 Å². The molecule has 0 fully saturated rings. The van der Waals surface area contributed by atoms with E-state index in [1.54, 1.807) is 0 Å². The molecule has 3 aromatic heterocycles. The zero-order chi connectivity index (χ0) is 39.1. The van der Waals surface area contributed by atoms with E-state index in [1.165, 1.54) is 0 Å². The predicted octanol–water partition coefficient (Wildman–Crippen LogP) is 14.0. The highest BCUT2D eigenvalue weighted by molar-refractivity contribution is 6.22. The van der Waals surface area contributed by atoms with Gasteiger partial charge in [0, 0.05) is 44.0 Å². The lowest BCUT2D eigenvalue weighted by atomic mass is 9.97. The fourth-order valence-electron chi connectivity index (χ4n) is 8.01. The summed E-state index contributed by atoms with van der Waals surface area (Å²) in [6.45, 7) is 0. The van der Waals surface area contributed by atoms with E-state index >= 15 is 0 Å². The van der Waals surface area contributed by atoms with Crippen LogP contribution in [0.1, 0.15) is 0 Å². The number of hydrogen-bond donors (Lipinski definition) is 0. The van der Waals surface area contributed by atoms with E-state index in [-0.39, 0.29) is 0 Å². The number of benzene rings is 8. The molecule has 0 aliphatic rings. The van der Waals surface area contributed by atoms with Crippen molar-refractivity contribution in [2.45, 2.75) is 0 Å². The zero-order valence-corrected chi connectivity index (χ0v) is 31.8. The van der Waals surface area contributed by atoms with Gasteiger partial charge in [-0.2, -0.15) is 0 Å². The Bertz CT molecular complexity index is 3190. The molecule has 11 rings (SSSR count). The average molecular weight is 755 g/mol. The monoisotopic (exact) mass is 754 g/mol. The van der Waals surface area contributed by atoms with Crippen molar-refractivity contribution in [3.05, 3.63) is 206 Å². The first-order valence-corrected chi connectivity index (χ1v) is 19.7. The zero-order valence-electron chi connectivity index (χ0n) is 31.8. The number of pyridine rings is 1. The lowest BCUT2D eigenvalue weighted by molar-refractivity contribution is 0.669. The largest absolute Gasteiger partial charge is 0.454 e. The standard InChI is InChI=1S/C54H34N4O/c1-4-14-35(15-5-1)37-26-30-40(31-27-37)52-56-53(41-32-28-38(29-33-41)36-16-6-2-7-17-36)58-54(57-52)43-21-12-20-42(34-43)49-51-48(45-22-10-11-25-47(45)59-51)46-24-13-23-44(50(46)55-49)39-18-8-3-9-19-39/h1-34H. The quantitative estimate of drug-likeness (QED) is 0.162. The van der Waals surface area contributed by atoms with Crippen LogP contribution >= 0.6 is 0 Å². The summed E-state index contributed by atoms with van der Waals surface area (Å²) < 4.78 is 6.67. The summed E-state index contributed by atoms with van der Waals surface area (Å²) in [5.41, 5.74) is 13.5. The molecular weight excluding hydrogens is 721 g/mol. The van der Waals surface area contributed by atoms with Crippen LogP contribution < -0.4 is 0 Å².